The van der Waals surface area contributed by atoms with E-state index in [1.54, 1.807) is 104 Å². The molecule has 0 radical (unpaired) electrons. The van der Waals surface area contributed by atoms with Gasteiger partial charge in [-0.3, -0.25) is 24.0 Å². The van der Waals surface area contributed by atoms with E-state index in [1.165, 1.54) is 0 Å². The van der Waals surface area contributed by atoms with Crippen LogP contribution in [-0.2, 0) is 9.53 Å². The van der Waals surface area contributed by atoms with Gasteiger partial charge in [0.1, 0.15) is 0 Å². The number of ether oxygens (including phenoxy) is 1. The molecule has 0 atom stereocenters. The molecule has 4 aromatic rings. The predicted octanol–water partition coefficient (Wildman–Crippen LogP) is 5.68. The summed E-state index contributed by atoms with van der Waals surface area (Å²) in [4.78, 5) is 56.4. The van der Waals surface area contributed by atoms with Crippen LogP contribution in [0.15, 0.2) is 121 Å². The Labute approximate surface area is 215 Å². The smallest absolute Gasteiger partial charge is 0.293 e. The van der Waals surface area contributed by atoms with Crippen molar-refractivity contribution in [3.63, 3.8) is 0 Å². The molecule has 0 aliphatic carbocycles. The average Bonchev–Trinajstić information content (AvgIpc) is 2.98. The third-order valence-corrected chi connectivity index (χ3v) is 4.79. The van der Waals surface area contributed by atoms with Gasteiger partial charge in [-0.25, -0.2) is 0 Å². The van der Waals surface area contributed by atoms with E-state index in [9.17, 15) is 24.0 Å². The van der Waals surface area contributed by atoms with Crippen molar-refractivity contribution >= 4 is 29.6 Å². The standard InChI is InChI=1S/2C14H10O2.C3H6O2/c2*15-13(11-7-3-1-4-8-11)14(16)12-9-5-2-6-10-12;1-2-5-3-4/h2*1-10H;3H,2H2,1H3. The molecule has 0 heterocycles. The summed E-state index contributed by atoms with van der Waals surface area (Å²) in [5.74, 6) is -1.86. The van der Waals surface area contributed by atoms with Gasteiger partial charge in [0, 0.05) is 22.3 Å². The van der Waals surface area contributed by atoms with E-state index >= 15 is 0 Å². The quantitative estimate of drug-likeness (QED) is 0.178. The molecule has 0 amide bonds. The zero-order valence-electron chi connectivity index (χ0n) is 20.3. The van der Waals surface area contributed by atoms with Crippen LogP contribution in [0.5, 0.6) is 0 Å². The summed E-state index contributed by atoms with van der Waals surface area (Å²) in [6, 6.07) is 34.3. The molecule has 6 heteroatoms. The van der Waals surface area contributed by atoms with E-state index < -0.39 is 23.1 Å². The molecule has 37 heavy (non-hydrogen) atoms. The summed E-state index contributed by atoms with van der Waals surface area (Å²) in [5.41, 5.74) is 1.71. The van der Waals surface area contributed by atoms with Gasteiger partial charge < -0.3 is 4.74 Å². The van der Waals surface area contributed by atoms with Crippen LogP contribution in [0.1, 0.15) is 48.4 Å². The summed E-state index contributed by atoms with van der Waals surface area (Å²) in [5, 5.41) is 0. The normalized spacial score (nSPS) is 9.32. The van der Waals surface area contributed by atoms with Crippen molar-refractivity contribution in [1.29, 1.82) is 0 Å². The van der Waals surface area contributed by atoms with Crippen LogP contribution in [0.25, 0.3) is 0 Å². The lowest BCUT2D eigenvalue weighted by Gasteiger charge is -1.99. The number of rotatable bonds is 8. The number of carbonyl (C=O) groups is 5. The largest absolute Gasteiger partial charge is 0.468 e. The third-order valence-electron chi connectivity index (χ3n) is 4.79. The molecular weight excluding hydrogens is 468 g/mol. The first-order valence-electron chi connectivity index (χ1n) is 11.4. The van der Waals surface area contributed by atoms with Crippen LogP contribution in [0.2, 0.25) is 0 Å². The van der Waals surface area contributed by atoms with Crippen molar-refractivity contribution in [1.82, 2.24) is 0 Å². The van der Waals surface area contributed by atoms with Gasteiger partial charge in [0.05, 0.1) is 6.61 Å². The van der Waals surface area contributed by atoms with Crippen molar-refractivity contribution in [2.75, 3.05) is 6.61 Å². The number of ketones is 4. The van der Waals surface area contributed by atoms with Crippen molar-refractivity contribution in [3.8, 4) is 0 Å². The molecule has 4 aromatic carbocycles. The molecule has 0 saturated heterocycles. The minimum atomic E-state index is -0.466. The molecule has 0 saturated carbocycles. The summed E-state index contributed by atoms with van der Waals surface area (Å²) in [7, 11) is 0. The number of benzene rings is 4. The van der Waals surface area contributed by atoms with Gasteiger partial charge in [-0.2, -0.15) is 0 Å². The Balaban J connectivity index is 0.000000221. The lowest BCUT2D eigenvalue weighted by molar-refractivity contribution is -0.128. The minimum absolute atomic E-state index is 0.427. The Bertz CT molecular complexity index is 1090. The molecule has 0 N–H and O–H groups in total. The van der Waals surface area contributed by atoms with Gasteiger partial charge in [-0.15, -0.1) is 0 Å². The highest BCUT2D eigenvalue weighted by Gasteiger charge is 2.18. The van der Waals surface area contributed by atoms with Gasteiger partial charge in [0.2, 0.25) is 23.1 Å². The van der Waals surface area contributed by atoms with Crippen LogP contribution in [0, 0.1) is 0 Å². The highest BCUT2D eigenvalue weighted by Crippen LogP contribution is 2.08. The van der Waals surface area contributed by atoms with Crippen LogP contribution in [-0.4, -0.2) is 36.2 Å². The summed E-state index contributed by atoms with van der Waals surface area (Å²) >= 11 is 0. The molecule has 0 fully saturated rings. The Kier molecular flexibility index (Phi) is 12.1. The van der Waals surface area contributed by atoms with Crippen molar-refractivity contribution < 1.29 is 28.7 Å². The molecule has 0 unspecified atom stereocenters. The molecule has 186 valence electrons. The van der Waals surface area contributed by atoms with E-state index in [2.05, 4.69) is 4.74 Å². The molecule has 4 rings (SSSR count). The van der Waals surface area contributed by atoms with Crippen LogP contribution >= 0.6 is 0 Å². The first-order chi connectivity index (χ1) is 18.0. The van der Waals surface area contributed by atoms with Gasteiger partial charge in [-0.05, 0) is 6.92 Å². The number of carbonyl (C=O) groups excluding carboxylic acids is 5. The van der Waals surface area contributed by atoms with Gasteiger partial charge in [0.25, 0.3) is 6.47 Å². The van der Waals surface area contributed by atoms with E-state index in [-0.39, 0.29) is 0 Å². The molecule has 0 bridgehead atoms. The minimum Gasteiger partial charge on any atom is -0.468 e. The Morgan fingerprint density at radius 2 is 0.703 bits per heavy atom. The maximum atomic E-state index is 11.8. The van der Waals surface area contributed by atoms with Crippen molar-refractivity contribution in [2.24, 2.45) is 0 Å². The molecular formula is C31H26O6. The zero-order valence-corrected chi connectivity index (χ0v) is 20.3. The Morgan fingerprint density at radius 1 is 0.486 bits per heavy atom. The fourth-order valence-electron chi connectivity index (χ4n) is 2.95. The fraction of sp³-hybridized carbons (Fsp3) is 0.0645. The molecule has 0 aliphatic heterocycles. The topological polar surface area (TPSA) is 94.6 Å². The molecule has 0 spiro atoms. The van der Waals surface area contributed by atoms with Crippen LogP contribution in [0.4, 0.5) is 0 Å². The first-order valence-corrected chi connectivity index (χ1v) is 11.4. The second kappa shape index (κ2) is 15.8. The lowest BCUT2D eigenvalue weighted by Crippen LogP contribution is -2.14. The van der Waals surface area contributed by atoms with Crippen LogP contribution < -0.4 is 0 Å². The maximum Gasteiger partial charge on any atom is 0.293 e. The summed E-state index contributed by atoms with van der Waals surface area (Å²) in [6.07, 6.45) is 0. The zero-order chi connectivity index (χ0) is 26.9. The third kappa shape index (κ3) is 9.30. The number of hydrogen-bond acceptors (Lipinski definition) is 6. The highest BCUT2D eigenvalue weighted by molar-refractivity contribution is 6.49. The van der Waals surface area contributed by atoms with Crippen molar-refractivity contribution in [2.45, 2.75) is 6.92 Å². The second-order valence-corrected chi connectivity index (χ2v) is 7.33. The highest BCUT2D eigenvalue weighted by atomic mass is 16.5. The molecule has 0 aromatic heterocycles. The average molecular weight is 495 g/mol. The number of Topliss-reactive ketones (excluding diaryl/α,β-unsaturated/α-hetero) is 4. The summed E-state index contributed by atoms with van der Waals surface area (Å²) < 4.78 is 4.15. The van der Waals surface area contributed by atoms with Gasteiger partial charge in [-0.1, -0.05) is 121 Å². The van der Waals surface area contributed by atoms with E-state index in [0.29, 0.717) is 35.3 Å². The molecule has 6 nitrogen and oxygen atoms in total. The Morgan fingerprint density at radius 3 is 0.838 bits per heavy atom. The van der Waals surface area contributed by atoms with E-state index in [0.717, 1.165) is 0 Å². The van der Waals surface area contributed by atoms with E-state index in [4.69, 9.17) is 0 Å². The monoisotopic (exact) mass is 494 g/mol. The Hall–Kier alpha value is -4.97. The number of hydrogen-bond donors (Lipinski definition) is 0. The maximum absolute atomic E-state index is 11.8. The first kappa shape index (κ1) is 28.3. The van der Waals surface area contributed by atoms with E-state index in [1.807, 2.05) is 24.3 Å². The van der Waals surface area contributed by atoms with Crippen LogP contribution in [0.3, 0.4) is 0 Å². The summed E-state index contributed by atoms with van der Waals surface area (Å²) in [6.45, 7) is 2.66. The van der Waals surface area contributed by atoms with Gasteiger partial charge in [0.15, 0.2) is 0 Å². The lowest BCUT2D eigenvalue weighted by atomic mass is 10.0. The fourth-order valence-corrected chi connectivity index (χ4v) is 2.95. The predicted molar refractivity (Wildman–Crippen MR) is 141 cm³/mol. The second-order valence-electron chi connectivity index (χ2n) is 7.33. The molecule has 0 aliphatic rings. The van der Waals surface area contributed by atoms with Crippen molar-refractivity contribution in [3.05, 3.63) is 144 Å². The van der Waals surface area contributed by atoms with Gasteiger partial charge >= 0.3 is 0 Å². The SMILES string of the molecule is CCOC=O.O=C(C(=O)c1ccccc1)c1ccccc1.O=C(C(=O)c1ccccc1)c1ccccc1.